The summed E-state index contributed by atoms with van der Waals surface area (Å²) in [6.45, 7) is 0.972. The van der Waals surface area contributed by atoms with Gasteiger partial charge >= 0.3 is 0 Å². The zero-order chi connectivity index (χ0) is 13.7. The highest BCUT2D eigenvalue weighted by Gasteiger charge is 2.20. The van der Waals surface area contributed by atoms with E-state index in [1.807, 2.05) is 0 Å². The van der Waals surface area contributed by atoms with Crippen LogP contribution in [0.2, 0.25) is 0 Å². The normalized spacial score (nSPS) is 20.1. The molecule has 0 amide bonds. The van der Waals surface area contributed by atoms with Crippen LogP contribution in [0.15, 0.2) is 23.1 Å². The van der Waals surface area contributed by atoms with Gasteiger partial charge in [-0.3, -0.25) is 0 Å². The molecule has 19 heavy (non-hydrogen) atoms. The lowest BCUT2D eigenvalue weighted by Gasteiger charge is -2.27. The summed E-state index contributed by atoms with van der Waals surface area (Å²) in [6, 6.07) is 7.10. The molecule has 3 nitrogen and oxygen atoms in total. The molecule has 2 N–H and O–H groups in total. The van der Waals surface area contributed by atoms with Gasteiger partial charge in [0.1, 0.15) is 0 Å². The van der Waals surface area contributed by atoms with Crippen LogP contribution in [0.5, 0.6) is 0 Å². The molecular weight excluding hydrogens is 258 g/mol. The molecule has 1 aliphatic rings. The Morgan fingerprint density at radius 2 is 2.37 bits per heavy atom. The fraction of sp³-hybridized carbons (Fsp3) is 0.600. The molecule has 0 radical (unpaired) electrons. The summed E-state index contributed by atoms with van der Waals surface area (Å²) >= 11 is 1.79. The first-order valence-electron chi connectivity index (χ1n) is 6.81. The van der Waals surface area contributed by atoms with E-state index in [0.717, 1.165) is 6.42 Å². The topological polar surface area (TPSA) is 41.5 Å². The van der Waals surface area contributed by atoms with Crippen molar-refractivity contribution in [3.05, 3.63) is 29.3 Å². The summed E-state index contributed by atoms with van der Waals surface area (Å²) < 4.78 is 4.95. The number of methoxy groups -OCH3 is 1. The Labute approximate surface area is 119 Å². The van der Waals surface area contributed by atoms with Crippen molar-refractivity contribution in [1.82, 2.24) is 5.32 Å². The Morgan fingerprint density at radius 3 is 3.11 bits per heavy atom. The van der Waals surface area contributed by atoms with E-state index in [2.05, 4.69) is 29.8 Å². The van der Waals surface area contributed by atoms with Gasteiger partial charge in [-0.25, -0.2) is 0 Å². The Hall–Kier alpha value is -0.550. The number of aliphatic hydroxyl groups excluding tert-OH is 1. The quantitative estimate of drug-likeness (QED) is 0.786. The van der Waals surface area contributed by atoms with Crippen molar-refractivity contribution in [3.8, 4) is 0 Å². The minimum Gasteiger partial charge on any atom is -0.389 e. The summed E-state index contributed by atoms with van der Waals surface area (Å²) in [5.74, 6) is 0. The molecule has 1 aliphatic carbocycles. The summed E-state index contributed by atoms with van der Waals surface area (Å²) in [5, 5.41) is 13.2. The monoisotopic (exact) mass is 281 g/mol. The zero-order valence-electron chi connectivity index (χ0n) is 11.7. The van der Waals surface area contributed by atoms with Crippen LogP contribution in [0.3, 0.4) is 0 Å². The fourth-order valence-electron chi connectivity index (χ4n) is 2.66. The Balaban J connectivity index is 2.01. The molecule has 0 saturated heterocycles. The number of fused-ring (bicyclic) bond motifs is 1. The maximum Gasteiger partial charge on any atom is 0.0897 e. The fourth-order valence-corrected chi connectivity index (χ4v) is 3.12. The van der Waals surface area contributed by atoms with E-state index in [0.29, 0.717) is 19.2 Å². The lowest BCUT2D eigenvalue weighted by Crippen LogP contribution is -2.34. The lowest BCUT2D eigenvalue weighted by molar-refractivity contribution is 0.0622. The third kappa shape index (κ3) is 3.96. The van der Waals surface area contributed by atoms with Crippen molar-refractivity contribution >= 4 is 11.8 Å². The largest absolute Gasteiger partial charge is 0.389 e. The highest BCUT2D eigenvalue weighted by Crippen LogP contribution is 2.32. The number of nitrogens with one attached hydrogen (secondary N) is 1. The van der Waals surface area contributed by atoms with Gasteiger partial charge in [0.25, 0.3) is 0 Å². The molecule has 0 bridgehead atoms. The van der Waals surface area contributed by atoms with Crippen LogP contribution in [0, 0.1) is 0 Å². The third-order valence-electron chi connectivity index (χ3n) is 3.62. The van der Waals surface area contributed by atoms with Crippen LogP contribution in [0.1, 0.15) is 30.0 Å². The van der Waals surface area contributed by atoms with Crippen LogP contribution in [-0.2, 0) is 11.2 Å². The molecule has 2 atom stereocenters. The van der Waals surface area contributed by atoms with Crippen molar-refractivity contribution in [2.45, 2.75) is 36.3 Å². The van der Waals surface area contributed by atoms with E-state index in [9.17, 15) is 5.11 Å². The Bertz CT molecular complexity index is 411. The number of aryl methyl sites for hydroxylation is 1. The highest BCUT2D eigenvalue weighted by atomic mass is 32.2. The first kappa shape index (κ1) is 14.9. The van der Waals surface area contributed by atoms with Gasteiger partial charge in [-0.2, -0.15) is 0 Å². The second kappa shape index (κ2) is 7.29. The van der Waals surface area contributed by atoms with Crippen LogP contribution < -0.4 is 5.32 Å². The van der Waals surface area contributed by atoms with E-state index in [-0.39, 0.29) is 0 Å². The van der Waals surface area contributed by atoms with Gasteiger partial charge in [0.05, 0.1) is 12.7 Å². The summed E-state index contributed by atoms with van der Waals surface area (Å²) in [6.07, 6.45) is 5.21. The van der Waals surface area contributed by atoms with E-state index >= 15 is 0 Å². The molecule has 2 unspecified atom stereocenters. The van der Waals surface area contributed by atoms with Gasteiger partial charge in [-0.15, -0.1) is 11.8 Å². The van der Waals surface area contributed by atoms with E-state index in [4.69, 9.17) is 4.74 Å². The number of rotatable bonds is 6. The van der Waals surface area contributed by atoms with Gasteiger partial charge in [0, 0.05) is 24.6 Å². The second-order valence-electron chi connectivity index (χ2n) is 5.03. The number of benzene rings is 1. The van der Waals surface area contributed by atoms with Crippen LogP contribution in [-0.4, -0.2) is 37.7 Å². The molecule has 0 aromatic heterocycles. The average Bonchev–Trinajstić information content (AvgIpc) is 2.44. The molecule has 0 spiro atoms. The molecule has 2 rings (SSSR count). The standard InChI is InChI=1S/C15H23NO2S/c1-18-10-12(17)9-16-15-5-3-4-11-8-13(19-2)6-7-14(11)15/h6-8,12,15-17H,3-5,9-10H2,1-2H3. The van der Waals surface area contributed by atoms with E-state index in [1.165, 1.54) is 28.9 Å². The number of hydrogen-bond donors (Lipinski definition) is 2. The summed E-state index contributed by atoms with van der Waals surface area (Å²) in [7, 11) is 1.61. The first-order chi connectivity index (χ1) is 9.24. The zero-order valence-corrected chi connectivity index (χ0v) is 12.5. The summed E-state index contributed by atoms with van der Waals surface area (Å²) in [4.78, 5) is 1.33. The molecule has 106 valence electrons. The second-order valence-corrected chi connectivity index (χ2v) is 5.91. The van der Waals surface area contributed by atoms with Crippen molar-refractivity contribution < 1.29 is 9.84 Å². The van der Waals surface area contributed by atoms with Crippen LogP contribution in [0.4, 0.5) is 0 Å². The van der Waals surface area contributed by atoms with Gasteiger partial charge in [-0.05, 0) is 48.8 Å². The van der Waals surface area contributed by atoms with Crippen molar-refractivity contribution in [3.63, 3.8) is 0 Å². The van der Waals surface area contributed by atoms with Crippen LogP contribution in [0.25, 0.3) is 0 Å². The number of aliphatic hydroxyl groups is 1. The molecule has 1 aromatic rings. The predicted molar refractivity (Wildman–Crippen MR) is 79.8 cm³/mol. The van der Waals surface area contributed by atoms with Gasteiger partial charge in [0.2, 0.25) is 0 Å². The molecular formula is C15H23NO2S. The summed E-state index contributed by atoms with van der Waals surface area (Å²) in [5.41, 5.74) is 2.85. The van der Waals surface area contributed by atoms with Gasteiger partial charge in [-0.1, -0.05) is 6.07 Å². The van der Waals surface area contributed by atoms with E-state index < -0.39 is 6.10 Å². The Kier molecular flexibility index (Phi) is 5.70. The minimum atomic E-state index is -0.430. The number of thioether (sulfide) groups is 1. The van der Waals surface area contributed by atoms with Crippen molar-refractivity contribution in [2.24, 2.45) is 0 Å². The van der Waals surface area contributed by atoms with Crippen molar-refractivity contribution in [1.29, 1.82) is 0 Å². The molecule has 0 aliphatic heterocycles. The number of hydrogen-bond acceptors (Lipinski definition) is 4. The maximum atomic E-state index is 9.72. The molecule has 0 fully saturated rings. The molecule has 4 heteroatoms. The molecule has 0 saturated carbocycles. The minimum absolute atomic E-state index is 0.367. The van der Waals surface area contributed by atoms with E-state index in [1.54, 1.807) is 18.9 Å². The predicted octanol–water partition coefficient (Wildman–Crippen LogP) is 2.38. The molecule has 1 aromatic carbocycles. The lowest BCUT2D eigenvalue weighted by atomic mass is 9.87. The first-order valence-corrected chi connectivity index (χ1v) is 8.04. The SMILES string of the molecule is COCC(O)CNC1CCCc2cc(SC)ccc21. The van der Waals surface area contributed by atoms with Gasteiger partial charge in [0.15, 0.2) is 0 Å². The Morgan fingerprint density at radius 1 is 1.53 bits per heavy atom. The van der Waals surface area contributed by atoms with Gasteiger partial charge < -0.3 is 15.2 Å². The van der Waals surface area contributed by atoms with Crippen LogP contribution >= 0.6 is 11.8 Å². The maximum absolute atomic E-state index is 9.72. The number of ether oxygens (including phenoxy) is 1. The average molecular weight is 281 g/mol. The third-order valence-corrected chi connectivity index (χ3v) is 4.35. The molecule has 0 heterocycles. The highest BCUT2D eigenvalue weighted by molar-refractivity contribution is 7.98. The smallest absolute Gasteiger partial charge is 0.0897 e. The van der Waals surface area contributed by atoms with Crippen molar-refractivity contribution in [2.75, 3.05) is 26.5 Å².